The van der Waals surface area contributed by atoms with Crippen LogP contribution in [0.4, 0.5) is 0 Å². The fourth-order valence-electron chi connectivity index (χ4n) is 2.33. The number of aromatic nitrogens is 1. The highest BCUT2D eigenvalue weighted by molar-refractivity contribution is 7.17. The van der Waals surface area contributed by atoms with Gasteiger partial charge in [-0.25, -0.2) is 9.78 Å². The van der Waals surface area contributed by atoms with Gasteiger partial charge in [0.15, 0.2) is 11.5 Å². The van der Waals surface area contributed by atoms with E-state index < -0.39 is 5.97 Å². The molecule has 1 aliphatic carbocycles. The molecule has 21 heavy (non-hydrogen) atoms. The van der Waals surface area contributed by atoms with Crippen LogP contribution in [0.1, 0.15) is 34.1 Å². The Morgan fingerprint density at radius 1 is 1.38 bits per heavy atom. The topological polar surface area (TPSA) is 68.7 Å². The lowest BCUT2D eigenvalue weighted by molar-refractivity contribution is 0.0700. The first-order valence-corrected chi connectivity index (χ1v) is 7.66. The molecule has 2 heterocycles. The molecule has 0 atom stereocenters. The van der Waals surface area contributed by atoms with Gasteiger partial charge in [0.1, 0.15) is 9.88 Å². The largest absolute Gasteiger partial charge is 0.477 e. The summed E-state index contributed by atoms with van der Waals surface area (Å²) in [6.45, 7) is 0.143. The normalized spacial score (nSPS) is 16.2. The van der Waals surface area contributed by atoms with Crippen molar-refractivity contribution >= 4 is 28.9 Å². The Morgan fingerprint density at radius 3 is 2.90 bits per heavy atom. The fraction of sp³-hybridized carbons (Fsp3) is 0.286. The number of hydrogen-bond donors (Lipinski definition) is 1. The second kappa shape index (κ2) is 4.61. The van der Waals surface area contributed by atoms with Crippen LogP contribution in [-0.2, 0) is 0 Å². The van der Waals surface area contributed by atoms with Crippen LogP contribution in [0.5, 0.6) is 11.5 Å². The molecule has 0 saturated heterocycles. The maximum Gasteiger partial charge on any atom is 0.347 e. The number of fused-ring (bicyclic) bond motifs is 1. The monoisotopic (exact) mass is 323 g/mol. The van der Waals surface area contributed by atoms with E-state index in [9.17, 15) is 9.90 Å². The molecule has 0 spiro atoms. The van der Waals surface area contributed by atoms with Crippen LogP contribution in [0, 0.1) is 0 Å². The van der Waals surface area contributed by atoms with Crippen LogP contribution < -0.4 is 9.47 Å². The van der Waals surface area contributed by atoms with Crippen molar-refractivity contribution in [3.05, 3.63) is 27.7 Å². The van der Waals surface area contributed by atoms with Gasteiger partial charge in [0, 0.05) is 11.5 Å². The van der Waals surface area contributed by atoms with Gasteiger partial charge in [-0.05, 0) is 25.0 Å². The first-order chi connectivity index (χ1) is 10.1. The van der Waals surface area contributed by atoms with E-state index in [4.69, 9.17) is 21.1 Å². The van der Waals surface area contributed by atoms with Crippen LogP contribution in [0.15, 0.2) is 12.1 Å². The number of halogens is 1. The van der Waals surface area contributed by atoms with Gasteiger partial charge in [0.2, 0.25) is 6.79 Å². The average molecular weight is 324 g/mol. The van der Waals surface area contributed by atoms with Crippen molar-refractivity contribution in [3.8, 4) is 22.1 Å². The number of ether oxygens (including phenoxy) is 2. The minimum Gasteiger partial charge on any atom is -0.477 e. The molecule has 1 N–H and O–H groups in total. The van der Waals surface area contributed by atoms with Crippen molar-refractivity contribution in [1.29, 1.82) is 0 Å². The van der Waals surface area contributed by atoms with Crippen molar-refractivity contribution in [2.24, 2.45) is 0 Å². The number of hydrogen-bond acceptors (Lipinski definition) is 5. The molecule has 0 bridgehead atoms. The fourth-order valence-corrected chi connectivity index (χ4v) is 3.58. The van der Waals surface area contributed by atoms with Gasteiger partial charge in [-0.1, -0.05) is 11.6 Å². The highest BCUT2D eigenvalue weighted by Crippen LogP contribution is 2.46. The molecule has 2 aromatic rings. The molecule has 2 aliphatic rings. The van der Waals surface area contributed by atoms with E-state index in [0.717, 1.165) is 18.4 Å². The minimum atomic E-state index is -0.924. The maximum absolute atomic E-state index is 11.4. The highest BCUT2D eigenvalue weighted by Gasteiger charge is 2.32. The summed E-state index contributed by atoms with van der Waals surface area (Å²) in [6, 6.07) is 3.52. The first kappa shape index (κ1) is 12.9. The number of aromatic carboxylic acids is 1. The smallest absolute Gasteiger partial charge is 0.347 e. The standard InChI is InChI=1S/C14H10ClNO4S/c15-8-3-7(4-9-11(8)20-5-19-9)13-16-10(6-1-2-6)12(21-13)14(17)18/h3-4,6H,1-2,5H2,(H,17,18). The predicted octanol–water partition coefficient (Wildman–Crippen LogP) is 3.77. The van der Waals surface area contributed by atoms with E-state index >= 15 is 0 Å². The summed E-state index contributed by atoms with van der Waals surface area (Å²) in [6.07, 6.45) is 2.01. The Morgan fingerprint density at radius 2 is 2.19 bits per heavy atom. The zero-order chi connectivity index (χ0) is 14.6. The van der Waals surface area contributed by atoms with Crippen molar-refractivity contribution < 1.29 is 19.4 Å². The van der Waals surface area contributed by atoms with E-state index in [-0.39, 0.29) is 12.7 Å². The van der Waals surface area contributed by atoms with Gasteiger partial charge in [-0.15, -0.1) is 11.3 Å². The first-order valence-electron chi connectivity index (χ1n) is 6.47. The van der Waals surface area contributed by atoms with Crippen LogP contribution in [0.2, 0.25) is 5.02 Å². The van der Waals surface area contributed by atoms with E-state index in [2.05, 4.69) is 4.98 Å². The van der Waals surface area contributed by atoms with Gasteiger partial charge < -0.3 is 14.6 Å². The van der Waals surface area contributed by atoms with Crippen molar-refractivity contribution in [2.75, 3.05) is 6.79 Å². The van der Waals surface area contributed by atoms with E-state index in [0.29, 0.717) is 32.1 Å². The summed E-state index contributed by atoms with van der Waals surface area (Å²) >= 11 is 7.34. The Labute approximate surface area is 129 Å². The maximum atomic E-state index is 11.4. The number of rotatable bonds is 3. The lowest BCUT2D eigenvalue weighted by Crippen LogP contribution is -1.97. The van der Waals surface area contributed by atoms with Gasteiger partial charge in [-0.3, -0.25) is 0 Å². The number of carboxylic acid groups (broad SMARTS) is 1. The van der Waals surface area contributed by atoms with Gasteiger partial charge in [-0.2, -0.15) is 0 Å². The number of carboxylic acids is 1. The van der Waals surface area contributed by atoms with Crippen molar-refractivity contribution in [1.82, 2.24) is 4.98 Å². The molecule has 1 aromatic carbocycles. The number of carbonyl (C=O) groups is 1. The molecule has 0 amide bonds. The van der Waals surface area contributed by atoms with Gasteiger partial charge in [0.25, 0.3) is 0 Å². The summed E-state index contributed by atoms with van der Waals surface area (Å²) < 4.78 is 10.6. The number of thiazole rings is 1. The summed E-state index contributed by atoms with van der Waals surface area (Å²) in [5.74, 6) is 0.452. The Hall–Kier alpha value is -1.79. The SMILES string of the molecule is O=C(O)c1sc(-c2cc(Cl)c3c(c2)OCO3)nc1C1CC1. The lowest BCUT2D eigenvalue weighted by Gasteiger charge is -2.02. The summed E-state index contributed by atoms with van der Waals surface area (Å²) in [7, 11) is 0. The second-order valence-corrected chi connectivity index (χ2v) is 6.41. The molecule has 0 radical (unpaired) electrons. The minimum absolute atomic E-state index is 0.143. The Kier molecular flexibility index (Phi) is 2.83. The Bertz CT molecular complexity index is 754. The molecule has 1 saturated carbocycles. The molecular formula is C14H10ClNO4S. The second-order valence-electron chi connectivity index (χ2n) is 5.00. The average Bonchev–Trinajstić information content (AvgIpc) is 3.02. The molecule has 5 nitrogen and oxygen atoms in total. The third-order valence-corrected chi connectivity index (χ3v) is 4.87. The molecule has 108 valence electrons. The molecule has 0 unspecified atom stereocenters. The van der Waals surface area contributed by atoms with Crippen LogP contribution >= 0.6 is 22.9 Å². The molecule has 1 fully saturated rings. The number of benzene rings is 1. The van der Waals surface area contributed by atoms with E-state index in [1.807, 2.05) is 0 Å². The third-order valence-electron chi connectivity index (χ3n) is 3.49. The van der Waals surface area contributed by atoms with Crippen molar-refractivity contribution in [3.63, 3.8) is 0 Å². The Balaban J connectivity index is 1.82. The zero-order valence-electron chi connectivity index (χ0n) is 10.8. The highest BCUT2D eigenvalue weighted by atomic mass is 35.5. The summed E-state index contributed by atoms with van der Waals surface area (Å²) in [5, 5.41) is 10.4. The van der Waals surface area contributed by atoms with Crippen LogP contribution in [-0.4, -0.2) is 22.9 Å². The molecule has 4 rings (SSSR count). The van der Waals surface area contributed by atoms with Crippen molar-refractivity contribution in [2.45, 2.75) is 18.8 Å². The van der Waals surface area contributed by atoms with E-state index in [1.165, 1.54) is 11.3 Å². The third kappa shape index (κ3) is 2.15. The lowest BCUT2D eigenvalue weighted by atomic mass is 10.2. The molecule has 7 heteroatoms. The van der Waals surface area contributed by atoms with Gasteiger partial charge in [0.05, 0.1) is 10.7 Å². The molecular weight excluding hydrogens is 314 g/mol. The summed E-state index contributed by atoms with van der Waals surface area (Å²) in [4.78, 5) is 16.2. The quantitative estimate of drug-likeness (QED) is 0.931. The predicted molar refractivity (Wildman–Crippen MR) is 77.6 cm³/mol. The van der Waals surface area contributed by atoms with Crippen LogP contribution in [0.3, 0.4) is 0 Å². The zero-order valence-corrected chi connectivity index (χ0v) is 12.3. The molecule has 1 aliphatic heterocycles. The molecule has 1 aromatic heterocycles. The van der Waals surface area contributed by atoms with E-state index in [1.54, 1.807) is 12.1 Å². The van der Waals surface area contributed by atoms with Gasteiger partial charge >= 0.3 is 5.97 Å². The van der Waals surface area contributed by atoms with Crippen LogP contribution in [0.25, 0.3) is 10.6 Å². The number of nitrogens with zero attached hydrogens (tertiary/aromatic N) is 1. The summed E-state index contributed by atoms with van der Waals surface area (Å²) in [5.41, 5.74) is 1.44.